The normalized spacial score (nSPS) is 10.2. The summed E-state index contributed by atoms with van der Waals surface area (Å²) in [4.78, 5) is 2.31. The maximum absolute atomic E-state index is 3.26. The molecule has 0 aliphatic heterocycles. The van der Waals surface area contributed by atoms with Crippen LogP contribution in [-0.2, 0) is 0 Å². The topological polar surface area (TPSA) is 15.3 Å². The Hall–Kier alpha value is -0.520. The van der Waals surface area contributed by atoms with E-state index in [1.165, 1.54) is 0 Å². The van der Waals surface area contributed by atoms with Crippen LogP contribution in [0.4, 0.5) is 0 Å². The number of hydrogen-bond donors (Lipinski definition) is 1. The molecule has 2 nitrogen and oxygen atoms in total. The van der Waals surface area contributed by atoms with Gasteiger partial charge in [-0.2, -0.15) is 0 Å². The van der Waals surface area contributed by atoms with E-state index in [2.05, 4.69) is 43.0 Å². The number of hydrogen-bond acceptors (Lipinski definition) is 2. The standard InChI is InChI=1S/C10H20N2/c1-5-6-7-11-8-9-12(4)10(2)3/h10-11H,7-9H2,1-4H3. The van der Waals surface area contributed by atoms with Gasteiger partial charge in [0.1, 0.15) is 0 Å². The molecule has 0 heterocycles. The van der Waals surface area contributed by atoms with Crippen molar-refractivity contribution in [1.29, 1.82) is 0 Å². The Bertz CT molecular complexity index is 153. The Labute approximate surface area is 76.3 Å². The molecular formula is C10H20N2. The van der Waals surface area contributed by atoms with Crippen molar-refractivity contribution in [3.63, 3.8) is 0 Å². The summed E-state index contributed by atoms with van der Waals surface area (Å²) in [6, 6.07) is 0.629. The van der Waals surface area contributed by atoms with Crippen LogP contribution < -0.4 is 5.32 Å². The molecule has 2 heteroatoms. The molecule has 0 unspecified atom stereocenters. The van der Waals surface area contributed by atoms with Gasteiger partial charge in [-0.3, -0.25) is 0 Å². The zero-order valence-electron chi connectivity index (χ0n) is 8.65. The molecule has 70 valence electrons. The average Bonchev–Trinajstić information content (AvgIpc) is 2.03. The number of rotatable bonds is 5. The molecular weight excluding hydrogens is 148 g/mol. The molecule has 0 aliphatic carbocycles. The third-order valence-corrected chi connectivity index (χ3v) is 1.91. The highest BCUT2D eigenvalue weighted by molar-refractivity contribution is 4.96. The van der Waals surface area contributed by atoms with Crippen LogP contribution >= 0.6 is 0 Å². The Balaban J connectivity index is 3.23. The van der Waals surface area contributed by atoms with Gasteiger partial charge >= 0.3 is 0 Å². The van der Waals surface area contributed by atoms with Gasteiger partial charge in [-0.25, -0.2) is 0 Å². The highest BCUT2D eigenvalue weighted by Gasteiger charge is 2.00. The predicted octanol–water partition coefficient (Wildman–Crippen LogP) is 0.940. The molecule has 0 aliphatic rings. The lowest BCUT2D eigenvalue weighted by Crippen LogP contribution is -2.33. The maximum atomic E-state index is 3.26. The first-order valence-electron chi connectivity index (χ1n) is 4.49. The van der Waals surface area contributed by atoms with E-state index in [4.69, 9.17) is 0 Å². The van der Waals surface area contributed by atoms with E-state index in [-0.39, 0.29) is 0 Å². The highest BCUT2D eigenvalue weighted by Crippen LogP contribution is 1.90. The van der Waals surface area contributed by atoms with E-state index in [1.807, 2.05) is 6.92 Å². The fourth-order valence-electron chi connectivity index (χ4n) is 0.753. The van der Waals surface area contributed by atoms with Gasteiger partial charge in [0, 0.05) is 19.1 Å². The Morgan fingerprint density at radius 1 is 1.42 bits per heavy atom. The molecule has 0 rings (SSSR count). The van der Waals surface area contributed by atoms with E-state index in [1.54, 1.807) is 0 Å². The molecule has 0 fully saturated rings. The molecule has 0 radical (unpaired) electrons. The summed E-state index contributed by atoms with van der Waals surface area (Å²) in [6.07, 6.45) is 0. The van der Waals surface area contributed by atoms with Gasteiger partial charge in [0.25, 0.3) is 0 Å². The zero-order valence-corrected chi connectivity index (χ0v) is 8.65. The van der Waals surface area contributed by atoms with Crippen molar-refractivity contribution in [2.24, 2.45) is 0 Å². The van der Waals surface area contributed by atoms with Crippen molar-refractivity contribution in [2.45, 2.75) is 26.8 Å². The smallest absolute Gasteiger partial charge is 0.0576 e. The van der Waals surface area contributed by atoms with Crippen LogP contribution in [0, 0.1) is 11.8 Å². The van der Waals surface area contributed by atoms with Gasteiger partial charge in [-0.1, -0.05) is 5.92 Å². The van der Waals surface area contributed by atoms with Crippen molar-refractivity contribution in [2.75, 3.05) is 26.7 Å². The fourth-order valence-corrected chi connectivity index (χ4v) is 0.753. The third-order valence-electron chi connectivity index (χ3n) is 1.91. The number of likely N-dealkylation sites (N-methyl/N-ethyl adjacent to an activating group) is 1. The number of nitrogens with zero attached hydrogens (tertiary/aromatic N) is 1. The molecule has 0 aromatic carbocycles. The summed E-state index contributed by atoms with van der Waals surface area (Å²) in [5.41, 5.74) is 0. The second-order valence-corrected chi connectivity index (χ2v) is 3.18. The SMILES string of the molecule is CC#CCNCCN(C)C(C)C. The summed E-state index contributed by atoms with van der Waals surface area (Å²) >= 11 is 0. The number of nitrogens with one attached hydrogen (secondary N) is 1. The van der Waals surface area contributed by atoms with E-state index in [0.29, 0.717) is 6.04 Å². The molecule has 0 amide bonds. The van der Waals surface area contributed by atoms with Crippen LogP contribution in [-0.4, -0.2) is 37.6 Å². The maximum Gasteiger partial charge on any atom is 0.0576 e. The Morgan fingerprint density at radius 2 is 2.08 bits per heavy atom. The van der Waals surface area contributed by atoms with Gasteiger partial charge in [0.15, 0.2) is 0 Å². The molecule has 0 saturated heterocycles. The summed E-state index contributed by atoms with van der Waals surface area (Å²) in [5.74, 6) is 5.82. The summed E-state index contributed by atoms with van der Waals surface area (Å²) in [5, 5.41) is 3.26. The minimum atomic E-state index is 0.629. The zero-order chi connectivity index (χ0) is 9.40. The second-order valence-electron chi connectivity index (χ2n) is 3.18. The van der Waals surface area contributed by atoms with E-state index in [0.717, 1.165) is 19.6 Å². The van der Waals surface area contributed by atoms with Crippen LogP contribution in [0.1, 0.15) is 20.8 Å². The Morgan fingerprint density at radius 3 is 2.58 bits per heavy atom. The van der Waals surface area contributed by atoms with E-state index in [9.17, 15) is 0 Å². The lowest BCUT2D eigenvalue weighted by Gasteiger charge is -2.20. The highest BCUT2D eigenvalue weighted by atomic mass is 15.1. The molecule has 0 bridgehead atoms. The average molecular weight is 168 g/mol. The van der Waals surface area contributed by atoms with Crippen molar-refractivity contribution in [1.82, 2.24) is 10.2 Å². The minimum Gasteiger partial charge on any atom is -0.305 e. The van der Waals surface area contributed by atoms with Crippen molar-refractivity contribution < 1.29 is 0 Å². The lowest BCUT2D eigenvalue weighted by molar-refractivity contribution is 0.275. The molecule has 0 saturated carbocycles. The lowest BCUT2D eigenvalue weighted by atomic mass is 10.3. The van der Waals surface area contributed by atoms with Gasteiger partial charge in [-0.15, -0.1) is 5.92 Å². The second kappa shape index (κ2) is 7.15. The van der Waals surface area contributed by atoms with Crippen LogP contribution in [0.2, 0.25) is 0 Å². The molecule has 12 heavy (non-hydrogen) atoms. The third kappa shape index (κ3) is 6.21. The quantitative estimate of drug-likeness (QED) is 0.485. The molecule has 0 spiro atoms. The monoisotopic (exact) mass is 168 g/mol. The molecule has 0 atom stereocenters. The molecule has 1 N–H and O–H groups in total. The van der Waals surface area contributed by atoms with E-state index >= 15 is 0 Å². The van der Waals surface area contributed by atoms with Crippen LogP contribution in [0.5, 0.6) is 0 Å². The van der Waals surface area contributed by atoms with Gasteiger partial charge in [0.05, 0.1) is 6.54 Å². The minimum absolute atomic E-state index is 0.629. The predicted molar refractivity (Wildman–Crippen MR) is 54.1 cm³/mol. The van der Waals surface area contributed by atoms with E-state index < -0.39 is 0 Å². The van der Waals surface area contributed by atoms with Gasteiger partial charge in [-0.05, 0) is 27.8 Å². The first kappa shape index (κ1) is 11.5. The first-order valence-corrected chi connectivity index (χ1v) is 4.49. The van der Waals surface area contributed by atoms with Crippen molar-refractivity contribution in [3.8, 4) is 11.8 Å². The molecule has 0 aromatic heterocycles. The first-order chi connectivity index (χ1) is 5.68. The fraction of sp³-hybridized carbons (Fsp3) is 0.800. The van der Waals surface area contributed by atoms with Gasteiger partial charge < -0.3 is 10.2 Å². The van der Waals surface area contributed by atoms with Crippen molar-refractivity contribution in [3.05, 3.63) is 0 Å². The summed E-state index contributed by atoms with van der Waals surface area (Å²) < 4.78 is 0. The summed E-state index contributed by atoms with van der Waals surface area (Å²) in [7, 11) is 2.14. The van der Waals surface area contributed by atoms with Crippen LogP contribution in [0.3, 0.4) is 0 Å². The van der Waals surface area contributed by atoms with Gasteiger partial charge in [0.2, 0.25) is 0 Å². The largest absolute Gasteiger partial charge is 0.305 e. The summed E-state index contributed by atoms with van der Waals surface area (Å²) in [6.45, 7) is 9.18. The van der Waals surface area contributed by atoms with Crippen LogP contribution in [0.25, 0.3) is 0 Å². The van der Waals surface area contributed by atoms with Crippen LogP contribution in [0.15, 0.2) is 0 Å². The molecule has 0 aromatic rings. The van der Waals surface area contributed by atoms with Crippen molar-refractivity contribution >= 4 is 0 Å². The Kier molecular flexibility index (Phi) is 6.84.